The monoisotopic (exact) mass is 341 g/mol. The molecule has 1 N–H and O–H groups in total. The largest absolute Gasteiger partial charge is 0.497 e. The molecule has 104 valence electrons. The van der Waals surface area contributed by atoms with E-state index >= 15 is 0 Å². The fourth-order valence-electron chi connectivity index (χ4n) is 1.40. The molecule has 0 fully saturated rings. The van der Waals surface area contributed by atoms with Crippen LogP contribution in [0, 0.1) is 10.1 Å². The van der Waals surface area contributed by atoms with Crippen molar-refractivity contribution in [1.29, 1.82) is 0 Å². The molecule has 20 heavy (non-hydrogen) atoms. The molecule has 0 bridgehead atoms. The molecule has 1 aromatic heterocycles. The van der Waals surface area contributed by atoms with Gasteiger partial charge in [0.1, 0.15) is 10.2 Å². The Hall–Kier alpha value is -2.42. The van der Waals surface area contributed by atoms with E-state index in [1.54, 1.807) is 0 Å². The summed E-state index contributed by atoms with van der Waals surface area (Å²) in [4.78, 5) is 27.9. The molecule has 0 radical (unpaired) electrons. The molecule has 0 saturated heterocycles. The van der Waals surface area contributed by atoms with Crippen LogP contribution in [0.4, 0.5) is 5.69 Å². The fourth-order valence-corrected chi connectivity index (χ4v) is 1.69. The minimum Gasteiger partial charge on any atom is -0.497 e. The molecular formula is C11H8BrN3O5. The summed E-state index contributed by atoms with van der Waals surface area (Å²) in [5.41, 5.74) is -0.722. The van der Waals surface area contributed by atoms with Crippen molar-refractivity contribution in [2.24, 2.45) is 0 Å². The highest BCUT2D eigenvalue weighted by molar-refractivity contribution is 9.10. The molecule has 2 aromatic rings. The van der Waals surface area contributed by atoms with Crippen LogP contribution in [0.25, 0.3) is 0 Å². The van der Waals surface area contributed by atoms with Gasteiger partial charge in [0, 0.05) is 12.1 Å². The van der Waals surface area contributed by atoms with Crippen LogP contribution in [-0.4, -0.2) is 22.0 Å². The van der Waals surface area contributed by atoms with Gasteiger partial charge in [-0.2, -0.15) is 0 Å². The lowest BCUT2D eigenvalue weighted by Crippen LogP contribution is -2.08. The average molecular weight is 342 g/mol. The lowest BCUT2D eigenvalue weighted by Gasteiger charge is -2.07. The molecule has 8 nitrogen and oxygen atoms in total. The number of nitro benzene ring substituents is 1. The smallest absolute Gasteiger partial charge is 0.311 e. The molecule has 0 aliphatic heterocycles. The van der Waals surface area contributed by atoms with Gasteiger partial charge >= 0.3 is 5.69 Å². The van der Waals surface area contributed by atoms with Gasteiger partial charge < -0.3 is 14.5 Å². The summed E-state index contributed by atoms with van der Waals surface area (Å²) in [6.07, 6.45) is 1.13. The number of nitrogens with zero attached hydrogens (tertiary/aromatic N) is 2. The molecule has 0 amide bonds. The Bertz CT molecular complexity index is 715. The van der Waals surface area contributed by atoms with Crippen molar-refractivity contribution in [3.63, 3.8) is 0 Å². The van der Waals surface area contributed by atoms with E-state index in [0.29, 0.717) is 5.75 Å². The molecule has 0 saturated carbocycles. The first-order chi connectivity index (χ1) is 9.52. The van der Waals surface area contributed by atoms with E-state index in [2.05, 4.69) is 25.9 Å². The van der Waals surface area contributed by atoms with Crippen LogP contribution >= 0.6 is 15.9 Å². The van der Waals surface area contributed by atoms with E-state index in [1.165, 1.54) is 25.3 Å². The van der Waals surface area contributed by atoms with E-state index < -0.39 is 10.5 Å². The third-order valence-corrected chi connectivity index (χ3v) is 3.03. The summed E-state index contributed by atoms with van der Waals surface area (Å²) in [5, 5.41) is 10.9. The number of rotatable bonds is 4. The van der Waals surface area contributed by atoms with Gasteiger partial charge in [0.2, 0.25) is 11.6 Å². The van der Waals surface area contributed by atoms with Crippen molar-refractivity contribution in [3.8, 4) is 17.4 Å². The molecule has 0 spiro atoms. The number of H-pyrrole nitrogens is 1. The van der Waals surface area contributed by atoms with Crippen molar-refractivity contribution >= 4 is 21.6 Å². The summed E-state index contributed by atoms with van der Waals surface area (Å²) in [7, 11) is 1.42. The average Bonchev–Trinajstić information content (AvgIpc) is 2.43. The minimum atomic E-state index is -0.601. The maximum Gasteiger partial charge on any atom is 0.311 e. The maximum atomic E-state index is 11.4. The third-order valence-electron chi connectivity index (χ3n) is 2.33. The number of hydrogen-bond donors (Lipinski definition) is 1. The number of halogens is 1. The second kappa shape index (κ2) is 5.70. The first-order valence-corrected chi connectivity index (χ1v) is 6.05. The summed E-state index contributed by atoms with van der Waals surface area (Å²) in [5.74, 6) is 0.227. The highest BCUT2D eigenvalue weighted by Crippen LogP contribution is 2.35. The van der Waals surface area contributed by atoms with Crippen LogP contribution in [-0.2, 0) is 0 Å². The number of ether oxygens (including phenoxy) is 2. The Balaban J connectivity index is 2.48. The van der Waals surface area contributed by atoms with Gasteiger partial charge in [0.25, 0.3) is 5.56 Å². The number of nitrogens with one attached hydrogen (secondary N) is 1. The molecule has 2 rings (SSSR count). The van der Waals surface area contributed by atoms with Gasteiger partial charge in [-0.3, -0.25) is 14.9 Å². The number of benzene rings is 1. The van der Waals surface area contributed by atoms with Gasteiger partial charge in [0.15, 0.2) is 0 Å². The molecular weight excluding hydrogens is 334 g/mol. The molecule has 1 aromatic carbocycles. The molecule has 1 heterocycles. The summed E-state index contributed by atoms with van der Waals surface area (Å²) >= 11 is 3.00. The number of nitro groups is 1. The first-order valence-electron chi connectivity index (χ1n) is 5.26. The molecule has 0 atom stereocenters. The molecule has 0 aliphatic carbocycles. The Morgan fingerprint density at radius 3 is 2.85 bits per heavy atom. The zero-order valence-corrected chi connectivity index (χ0v) is 11.7. The molecule has 0 aliphatic rings. The Morgan fingerprint density at radius 1 is 1.45 bits per heavy atom. The molecule has 0 unspecified atom stereocenters. The van der Waals surface area contributed by atoms with E-state index in [-0.39, 0.29) is 21.8 Å². The van der Waals surface area contributed by atoms with Crippen LogP contribution < -0.4 is 15.0 Å². The number of aromatic nitrogens is 2. The second-order valence-electron chi connectivity index (χ2n) is 3.54. The third kappa shape index (κ3) is 2.77. The van der Waals surface area contributed by atoms with Gasteiger partial charge in [-0.05, 0) is 22.0 Å². The normalized spacial score (nSPS) is 10.1. The quantitative estimate of drug-likeness (QED) is 0.674. The predicted molar refractivity (Wildman–Crippen MR) is 72.3 cm³/mol. The lowest BCUT2D eigenvalue weighted by atomic mass is 10.3. The fraction of sp³-hybridized carbons (Fsp3) is 0.0909. The van der Waals surface area contributed by atoms with Gasteiger partial charge in [-0.1, -0.05) is 0 Å². The van der Waals surface area contributed by atoms with Crippen molar-refractivity contribution < 1.29 is 14.4 Å². The zero-order valence-electron chi connectivity index (χ0n) is 10.1. The van der Waals surface area contributed by atoms with Crippen molar-refractivity contribution in [3.05, 3.63) is 49.5 Å². The van der Waals surface area contributed by atoms with E-state index in [4.69, 9.17) is 9.47 Å². The van der Waals surface area contributed by atoms with Crippen LogP contribution in [0.2, 0.25) is 0 Å². The predicted octanol–water partition coefficient (Wildman–Crippen LogP) is 2.24. The van der Waals surface area contributed by atoms with Crippen LogP contribution in [0.3, 0.4) is 0 Å². The number of methoxy groups -OCH3 is 1. The topological polar surface area (TPSA) is 107 Å². The summed E-state index contributed by atoms with van der Waals surface area (Å²) < 4.78 is 10.3. The van der Waals surface area contributed by atoms with E-state index in [0.717, 1.165) is 6.33 Å². The number of hydrogen-bond acceptors (Lipinski definition) is 6. The summed E-state index contributed by atoms with van der Waals surface area (Å²) in [6.45, 7) is 0. The Morgan fingerprint density at radius 2 is 2.20 bits per heavy atom. The first kappa shape index (κ1) is 14.0. The highest BCUT2D eigenvalue weighted by atomic mass is 79.9. The maximum absolute atomic E-state index is 11.4. The van der Waals surface area contributed by atoms with Crippen LogP contribution in [0.15, 0.2) is 33.8 Å². The van der Waals surface area contributed by atoms with Gasteiger partial charge in [-0.25, -0.2) is 4.98 Å². The van der Waals surface area contributed by atoms with Crippen LogP contribution in [0.5, 0.6) is 17.4 Å². The minimum absolute atomic E-state index is 0.0390. The highest BCUT2D eigenvalue weighted by Gasteiger charge is 2.19. The van der Waals surface area contributed by atoms with Gasteiger partial charge in [-0.15, -0.1) is 0 Å². The van der Waals surface area contributed by atoms with E-state index in [1.807, 2.05) is 0 Å². The van der Waals surface area contributed by atoms with Crippen molar-refractivity contribution in [1.82, 2.24) is 9.97 Å². The Kier molecular flexibility index (Phi) is 3.99. The molecule has 9 heteroatoms. The van der Waals surface area contributed by atoms with Crippen LogP contribution in [0.1, 0.15) is 0 Å². The SMILES string of the molecule is COc1ccc([N+](=O)[O-])c(Oc2nc[nH]c(=O)c2Br)c1. The number of aromatic amines is 1. The Labute approximate surface area is 120 Å². The van der Waals surface area contributed by atoms with Crippen molar-refractivity contribution in [2.75, 3.05) is 7.11 Å². The zero-order chi connectivity index (χ0) is 14.7. The second-order valence-corrected chi connectivity index (χ2v) is 4.34. The van der Waals surface area contributed by atoms with Crippen molar-refractivity contribution in [2.45, 2.75) is 0 Å². The lowest BCUT2D eigenvalue weighted by molar-refractivity contribution is -0.385. The van der Waals surface area contributed by atoms with Gasteiger partial charge in [0.05, 0.1) is 18.4 Å². The van der Waals surface area contributed by atoms with E-state index in [9.17, 15) is 14.9 Å². The standard InChI is InChI=1S/C11H8BrN3O5/c1-19-6-2-3-7(15(17)18)8(4-6)20-11-9(12)10(16)13-5-14-11/h2-5H,1H3,(H,13,14,16). The summed E-state index contributed by atoms with van der Waals surface area (Å²) in [6, 6.07) is 4.02.